The first-order valence-electron chi connectivity index (χ1n) is 6.69. The van der Waals surface area contributed by atoms with Gasteiger partial charge in [0.1, 0.15) is 12.4 Å². The minimum Gasteiger partial charge on any atom is -0.492 e. The molecule has 0 N–H and O–H groups in total. The van der Waals surface area contributed by atoms with Gasteiger partial charge in [-0.05, 0) is 17.9 Å². The van der Waals surface area contributed by atoms with Crippen molar-refractivity contribution in [2.45, 2.75) is 20.4 Å². The highest BCUT2D eigenvalue weighted by molar-refractivity contribution is 9.09. The number of halogens is 1. The van der Waals surface area contributed by atoms with E-state index in [2.05, 4.69) is 52.9 Å². The first-order chi connectivity index (χ1) is 8.70. The first kappa shape index (κ1) is 13.9. The van der Waals surface area contributed by atoms with E-state index in [4.69, 9.17) is 4.74 Å². The fourth-order valence-electron chi connectivity index (χ4n) is 2.31. The SMILES string of the molecule is CC(C)C(CBr)CN1CCOc2ccccc2C1. The van der Waals surface area contributed by atoms with Crippen molar-refractivity contribution in [3.8, 4) is 5.75 Å². The van der Waals surface area contributed by atoms with Gasteiger partial charge in [-0.3, -0.25) is 4.90 Å². The van der Waals surface area contributed by atoms with Gasteiger partial charge >= 0.3 is 0 Å². The number of hydrogen-bond acceptors (Lipinski definition) is 2. The summed E-state index contributed by atoms with van der Waals surface area (Å²) in [5, 5.41) is 1.07. The number of para-hydroxylation sites is 1. The van der Waals surface area contributed by atoms with Crippen LogP contribution in [-0.4, -0.2) is 29.9 Å². The monoisotopic (exact) mass is 311 g/mol. The molecular weight excluding hydrogens is 290 g/mol. The van der Waals surface area contributed by atoms with Crippen molar-refractivity contribution in [2.24, 2.45) is 11.8 Å². The molecule has 0 aromatic heterocycles. The van der Waals surface area contributed by atoms with Gasteiger partial charge in [-0.1, -0.05) is 48.0 Å². The van der Waals surface area contributed by atoms with Crippen LogP contribution in [0.5, 0.6) is 5.75 Å². The Kier molecular flexibility index (Phi) is 5.07. The molecule has 3 heteroatoms. The number of fused-ring (bicyclic) bond motifs is 1. The zero-order chi connectivity index (χ0) is 13.0. The second-order valence-electron chi connectivity index (χ2n) is 5.35. The molecule has 0 fully saturated rings. The van der Waals surface area contributed by atoms with E-state index in [1.165, 1.54) is 5.56 Å². The summed E-state index contributed by atoms with van der Waals surface area (Å²) in [7, 11) is 0. The Bertz CT molecular complexity index is 381. The fraction of sp³-hybridized carbons (Fsp3) is 0.600. The van der Waals surface area contributed by atoms with E-state index in [0.717, 1.165) is 37.3 Å². The molecule has 1 atom stereocenters. The van der Waals surface area contributed by atoms with Crippen LogP contribution in [0.15, 0.2) is 24.3 Å². The Morgan fingerprint density at radius 1 is 1.33 bits per heavy atom. The lowest BCUT2D eigenvalue weighted by molar-refractivity contribution is 0.187. The number of hydrogen-bond donors (Lipinski definition) is 0. The zero-order valence-electron chi connectivity index (χ0n) is 11.2. The standard InChI is InChI=1S/C15H22BrNO/c1-12(2)14(9-16)11-17-7-8-18-15-6-4-3-5-13(15)10-17/h3-6,12,14H,7-11H2,1-2H3. The van der Waals surface area contributed by atoms with Crippen molar-refractivity contribution in [3.05, 3.63) is 29.8 Å². The molecule has 2 nitrogen and oxygen atoms in total. The molecule has 100 valence electrons. The molecule has 18 heavy (non-hydrogen) atoms. The third kappa shape index (κ3) is 3.48. The summed E-state index contributed by atoms with van der Waals surface area (Å²) < 4.78 is 5.80. The summed E-state index contributed by atoms with van der Waals surface area (Å²) in [5.74, 6) is 2.47. The highest BCUT2D eigenvalue weighted by Gasteiger charge is 2.20. The van der Waals surface area contributed by atoms with Crippen LogP contribution in [0.4, 0.5) is 0 Å². The molecule has 0 spiro atoms. The third-order valence-electron chi connectivity index (χ3n) is 3.67. The normalized spacial score (nSPS) is 18.0. The Morgan fingerprint density at radius 3 is 2.83 bits per heavy atom. The summed E-state index contributed by atoms with van der Waals surface area (Å²) in [6.07, 6.45) is 0. The molecular formula is C15H22BrNO. The van der Waals surface area contributed by atoms with Gasteiger partial charge in [0.25, 0.3) is 0 Å². The average molecular weight is 312 g/mol. The number of ether oxygens (including phenoxy) is 1. The second kappa shape index (κ2) is 6.58. The molecule has 1 aromatic rings. The lowest BCUT2D eigenvalue weighted by Gasteiger charge is -2.27. The van der Waals surface area contributed by atoms with Gasteiger partial charge in [0.05, 0.1) is 0 Å². The molecule has 1 unspecified atom stereocenters. The molecule has 0 aliphatic carbocycles. The summed E-state index contributed by atoms with van der Waals surface area (Å²) in [6, 6.07) is 8.38. The Morgan fingerprint density at radius 2 is 2.11 bits per heavy atom. The Labute approximate surface area is 118 Å². The third-order valence-corrected chi connectivity index (χ3v) is 4.50. The molecule has 0 saturated carbocycles. The highest BCUT2D eigenvalue weighted by Crippen LogP contribution is 2.24. The van der Waals surface area contributed by atoms with E-state index in [0.29, 0.717) is 11.8 Å². The summed E-state index contributed by atoms with van der Waals surface area (Å²) in [5.41, 5.74) is 1.31. The molecule has 1 heterocycles. The molecule has 0 bridgehead atoms. The lowest BCUT2D eigenvalue weighted by atomic mass is 9.97. The van der Waals surface area contributed by atoms with Crippen molar-refractivity contribution < 1.29 is 4.74 Å². The smallest absolute Gasteiger partial charge is 0.123 e. The molecule has 0 radical (unpaired) electrons. The van der Waals surface area contributed by atoms with Gasteiger partial charge in [0.15, 0.2) is 0 Å². The van der Waals surface area contributed by atoms with E-state index in [9.17, 15) is 0 Å². The molecule has 0 amide bonds. The fourth-order valence-corrected chi connectivity index (χ4v) is 3.26. The molecule has 0 saturated heterocycles. The van der Waals surface area contributed by atoms with Crippen LogP contribution in [-0.2, 0) is 6.54 Å². The predicted molar refractivity (Wildman–Crippen MR) is 79.3 cm³/mol. The quantitative estimate of drug-likeness (QED) is 0.789. The second-order valence-corrected chi connectivity index (χ2v) is 6.00. The minimum absolute atomic E-state index is 0.704. The maximum atomic E-state index is 5.80. The van der Waals surface area contributed by atoms with Crippen molar-refractivity contribution >= 4 is 15.9 Å². The number of alkyl halides is 1. The highest BCUT2D eigenvalue weighted by atomic mass is 79.9. The van der Waals surface area contributed by atoms with E-state index >= 15 is 0 Å². The summed E-state index contributed by atoms with van der Waals surface area (Å²) in [6.45, 7) is 8.56. The number of rotatable bonds is 4. The topological polar surface area (TPSA) is 12.5 Å². The predicted octanol–water partition coefficient (Wildman–Crippen LogP) is 3.55. The van der Waals surface area contributed by atoms with E-state index in [1.54, 1.807) is 0 Å². The van der Waals surface area contributed by atoms with Gasteiger partial charge in [0, 0.05) is 30.5 Å². The van der Waals surface area contributed by atoms with Crippen LogP contribution in [0.3, 0.4) is 0 Å². The van der Waals surface area contributed by atoms with Crippen molar-refractivity contribution in [1.82, 2.24) is 4.90 Å². The lowest BCUT2D eigenvalue weighted by Crippen LogP contribution is -2.33. The van der Waals surface area contributed by atoms with Crippen molar-refractivity contribution in [1.29, 1.82) is 0 Å². The molecule has 1 aromatic carbocycles. The Hall–Kier alpha value is -0.540. The van der Waals surface area contributed by atoms with Gasteiger partial charge in [-0.2, -0.15) is 0 Å². The molecule has 2 rings (SSSR count). The van der Waals surface area contributed by atoms with E-state index in [-0.39, 0.29) is 0 Å². The molecule has 1 aliphatic rings. The summed E-state index contributed by atoms with van der Waals surface area (Å²) in [4.78, 5) is 2.51. The minimum atomic E-state index is 0.704. The van der Waals surface area contributed by atoms with Crippen LogP contribution in [0.1, 0.15) is 19.4 Å². The van der Waals surface area contributed by atoms with Gasteiger partial charge < -0.3 is 4.74 Å². The van der Waals surface area contributed by atoms with Crippen LogP contribution in [0.25, 0.3) is 0 Å². The van der Waals surface area contributed by atoms with Crippen LogP contribution < -0.4 is 4.74 Å². The number of nitrogens with zero attached hydrogens (tertiary/aromatic N) is 1. The van der Waals surface area contributed by atoms with Gasteiger partial charge in [-0.15, -0.1) is 0 Å². The van der Waals surface area contributed by atoms with Crippen LogP contribution >= 0.6 is 15.9 Å². The number of benzene rings is 1. The zero-order valence-corrected chi connectivity index (χ0v) is 12.8. The van der Waals surface area contributed by atoms with Crippen molar-refractivity contribution in [3.63, 3.8) is 0 Å². The van der Waals surface area contributed by atoms with Gasteiger partial charge in [-0.25, -0.2) is 0 Å². The van der Waals surface area contributed by atoms with E-state index in [1.807, 2.05) is 6.07 Å². The molecule has 1 aliphatic heterocycles. The van der Waals surface area contributed by atoms with Crippen LogP contribution in [0, 0.1) is 11.8 Å². The van der Waals surface area contributed by atoms with E-state index < -0.39 is 0 Å². The maximum absolute atomic E-state index is 5.80. The largest absolute Gasteiger partial charge is 0.492 e. The van der Waals surface area contributed by atoms with Crippen molar-refractivity contribution in [2.75, 3.05) is 25.0 Å². The average Bonchev–Trinajstić information content (AvgIpc) is 2.57. The summed E-state index contributed by atoms with van der Waals surface area (Å²) >= 11 is 3.64. The Balaban J connectivity index is 2.03. The van der Waals surface area contributed by atoms with Gasteiger partial charge in [0.2, 0.25) is 0 Å². The maximum Gasteiger partial charge on any atom is 0.123 e. The first-order valence-corrected chi connectivity index (χ1v) is 7.82. The van der Waals surface area contributed by atoms with Crippen LogP contribution in [0.2, 0.25) is 0 Å².